The number of hydrogen-bond donors (Lipinski definition) is 4. The Hall–Kier alpha value is -4.31. The fourth-order valence-corrected chi connectivity index (χ4v) is 10.9. The zero-order chi connectivity index (χ0) is 69.5. The first kappa shape index (κ1) is 90.7. The van der Waals surface area contributed by atoms with E-state index in [2.05, 4.69) is 154 Å². The van der Waals surface area contributed by atoms with Gasteiger partial charge in [0.2, 0.25) is 0 Å². The second kappa shape index (κ2) is 69.6. The molecule has 0 saturated carbocycles. The molecule has 0 aliphatic carbocycles. The van der Waals surface area contributed by atoms with E-state index in [-0.39, 0.29) is 19.3 Å². The molecule has 95 heavy (non-hydrogen) atoms. The van der Waals surface area contributed by atoms with E-state index in [1.165, 1.54) is 25.7 Å². The highest BCUT2D eigenvalue weighted by atomic mass is 31.2. The molecule has 0 aliphatic rings. The van der Waals surface area contributed by atoms with Crippen LogP contribution in [0.4, 0.5) is 0 Å². The van der Waals surface area contributed by atoms with Crippen molar-refractivity contribution < 1.29 is 75.8 Å². The molecule has 0 amide bonds. The van der Waals surface area contributed by atoms with Crippen molar-refractivity contribution in [3.8, 4) is 0 Å². The monoisotopic (exact) mass is 1370 g/mol. The molecular weight excluding hydrogens is 1240 g/mol. The molecule has 0 heterocycles. The molecule has 544 valence electrons. The predicted molar refractivity (Wildman–Crippen MR) is 390 cm³/mol. The zero-order valence-electron chi connectivity index (χ0n) is 59.0. The number of allylic oxidation sites excluding steroid dienone is 22. The van der Waals surface area contributed by atoms with E-state index < -0.39 is 91.5 Å². The van der Waals surface area contributed by atoms with Crippen LogP contribution < -0.4 is 0 Å². The zero-order valence-corrected chi connectivity index (χ0v) is 60.8. The summed E-state index contributed by atoms with van der Waals surface area (Å²) in [5, 5.41) is 20.6. The lowest BCUT2D eigenvalue weighted by Gasteiger charge is -2.21. The normalized spacial score (nSPS) is 14.9. The van der Waals surface area contributed by atoms with Crippen molar-refractivity contribution in [1.82, 2.24) is 0 Å². The second-order valence-corrected chi connectivity index (χ2v) is 26.9. The fourth-order valence-electron chi connectivity index (χ4n) is 9.32. The smallest absolute Gasteiger partial charge is 0.463 e. The van der Waals surface area contributed by atoms with Crippen molar-refractivity contribution >= 4 is 33.6 Å². The van der Waals surface area contributed by atoms with Crippen molar-refractivity contribution in [3.63, 3.8) is 0 Å². The van der Waals surface area contributed by atoms with Crippen LogP contribution in [0.5, 0.6) is 0 Å². The lowest BCUT2D eigenvalue weighted by Crippen LogP contribution is -2.30. The maximum Gasteiger partial charge on any atom is 0.472 e. The van der Waals surface area contributed by atoms with Crippen LogP contribution in [0.1, 0.15) is 278 Å². The molecule has 0 radical (unpaired) electrons. The number of unbranched alkanes of at least 4 members (excludes halogenated alkanes) is 23. The molecule has 0 aromatic carbocycles. The van der Waals surface area contributed by atoms with Gasteiger partial charge in [-0.15, -0.1) is 0 Å². The number of esters is 3. The lowest BCUT2D eigenvalue weighted by atomic mass is 10.1. The third kappa shape index (κ3) is 70.8. The Bertz CT molecular complexity index is 2260. The van der Waals surface area contributed by atoms with E-state index >= 15 is 0 Å². The molecule has 0 rings (SSSR count). The van der Waals surface area contributed by atoms with Gasteiger partial charge in [0.15, 0.2) is 6.10 Å². The topological polar surface area (TPSA) is 231 Å². The van der Waals surface area contributed by atoms with Crippen molar-refractivity contribution in [3.05, 3.63) is 134 Å². The number of aliphatic hydroxyl groups is 2. The summed E-state index contributed by atoms with van der Waals surface area (Å²) in [6.45, 7) is 2.38. The molecule has 0 saturated heterocycles. The number of phosphoric ester groups is 2. The van der Waals surface area contributed by atoms with Gasteiger partial charge in [0, 0.05) is 19.3 Å². The average Bonchev–Trinajstić information content (AvgIpc) is 2.35. The number of carbonyl (C=O) groups excluding carboxylic acids is 3. The van der Waals surface area contributed by atoms with Gasteiger partial charge in [0.1, 0.15) is 25.4 Å². The van der Waals surface area contributed by atoms with Gasteiger partial charge in [-0.1, -0.05) is 257 Å². The van der Waals surface area contributed by atoms with Gasteiger partial charge in [-0.25, -0.2) is 9.13 Å². The molecule has 0 aromatic heterocycles. The Labute approximate surface area is 575 Å². The first-order valence-electron chi connectivity index (χ1n) is 36.5. The summed E-state index contributed by atoms with van der Waals surface area (Å²) in [4.78, 5) is 58.5. The van der Waals surface area contributed by atoms with Crippen LogP contribution in [-0.4, -0.2) is 95.9 Å². The molecule has 16 nitrogen and oxygen atoms in total. The van der Waals surface area contributed by atoms with Crippen molar-refractivity contribution in [2.24, 2.45) is 0 Å². The van der Waals surface area contributed by atoms with Gasteiger partial charge in [0.05, 0.1) is 26.4 Å². The van der Waals surface area contributed by atoms with Crippen LogP contribution in [0, 0.1) is 0 Å². The average molecular weight is 1370 g/mol. The Kier molecular flexibility index (Phi) is 66.4. The van der Waals surface area contributed by atoms with Gasteiger partial charge >= 0.3 is 33.6 Å². The molecule has 5 unspecified atom stereocenters. The number of phosphoric acid groups is 2. The van der Waals surface area contributed by atoms with Crippen LogP contribution in [0.25, 0.3) is 0 Å². The van der Waals surface area contributed by atoms with Crippen LogP contribution in [-0.2, 0) is 55.8 Å². The third-order valence-electron chi connectivity index (χ3n) is 14.8. The van der Waals surface area contributed by atoms with Crippen LogP contribution in [0.2, 0.25) is 0 Å². The molecule has 0 aliphatic heterocycles. The maximum absolute atomic E-state index is 13.0. The van der Waals surface area contributed by atoms with Crippen molar-refractivity contribution in [2.45, 2.75) is 296 Å². The van der Waals surface area contributed by atoms with Gasteiger partial charge in [0.25, 0.3) is 0 Å². The number of hydrogen-bond acceptors (Lipinski definition) is 14. The van der Waals surface area contributed by atoms with Crippen molar-refractivity contribution in [2.75, 3.05) is 39.6 Å². The summed E-state index contributed by atoms with van der Waals surface area (Å²) in [7, 11) is -9.80. The fraction of sp³-hybridized carbons (Fsp3) is 0.675. The van der Waals surface area contributed by atoms with Gasteiger partial charge in [-0.3, -0.25) is 32.5 Å². The summed E-state index contributed by atoms with van der Waals surface area (Å²) in [5.41, 5.74) is 0. The van der Waals surface area contributed by atoms with Crippen LogP contribution >= 0.6 is 15.6 Å². The first-order valence-corrected chi connectivity index (χ1v) is 39.5. The molecular formula is C77H130O16P2. The minimum atomic E-state index is -4.94. The molecule has 4 N–H and O–H groups in total. The molecule has 5 atom stereocenters. The first-order chi connectivity index (χ1) is 46.2. The van der Waals surface area contributed by atoms with E-state index in [4.69, 9.17) is 32.3 Å². The summed E-state index contributed by atoms with van der Waals surface area (Å²) < 4.78 is 61.0. The Balaban J connectivity index is 4.68. The SMILES string of the molecule is CC/C=C\C/C=C\C/C=C\C/C=C\CCCCCCCCC(=O)OCC(COP(=O)(O)OCC(O)COP(=O)(O)OCC(O)COC(=O)CCCCCCCCC/C=C\C/C=C\C/C=C\C/C=C\CCCCC)OC(=O)CCCCCCCCC/C=C\C/C=C\C/C=C\CC. The molecule has 0 spiro atoms. The highest BCUT2D eigenvalue weighted by molar-refractivity contribution is 7.47. The number of rotatable bonds is 68. The van der Waals surface area contributed by atoms with Gasteiger partial charge < -0.3 is 34.2 Å². The van der Waals surface area contributed by atoms with E-state index in [1.807, 2.05) is 0 Å². The Morgan fingerprint density at radius 1 is 0.305 bits per heavy atom. The third-order valence-corrected chi connectivity index (χ3v) is 16.7. The molecule has 18 heteroatoms. The number of ether oxygens (including phenoxy) is 3. The molecule has 0 fully saturated rings. The van der Waals surface area contributed by atoms with E-state index in [0.717, 1.165) is 193 Å². The summed E-state index contributed by atoms with van der Waals surface area (Å²) in [6.07, 6.45) is 82.0. The van der Waals surface area contributed by atoms with Crippen molar-refractivity contribution in [1.29, 1.82) is 0 Å². The highest BCUT2D eigenvalue weighted by Gasteiger charge is 2.29. The molecule has 0 bridgehead atoms. The number of carbonyl (C=O) groups is 3. The van der Waals surface area contributed by atoms with Crippen LogP contribution in [0.3, 0.4) is 0 Å². The largest absolute Gasteiger partial charge is 0.472 e. The Morgan fingerprint density at radius 3 is 0.884 bits per heavy atom. The van der Waals surface area contributed by atoms with Gasteiger partial charge in [-0.05, 0) is 135 Å². The second-order valence-electron chi connectivity index (χ2n) is 24.0. The maximum atomic E-state index is 13.0. The minimum Gasteiger partial charge on any atom is -0.463 e. The van der Waals surface area contributed by atoms with E-state index in [1.54, 1.807) is 0 Å². The van der Waals surface area contributed by atoms with E-state index in [9.17, 15) is 43.5 Å². The molecule has 0 aromatic rings. The standard InChI is InChI=1S/C77H130O16P2/c1-4-7-10-13-16-19-22-25-28-31-33-34-35-36-38-41-42-45-48-51-54-57-60-63-75(80)87-66-72(78)67-89-94(83,84)90-68-73(79)69-91-95(85,86)92-71-74(93-77(82)65-62-59-56-53-50-47-44-39-30-27-24-21-18-15-12-9-6-3)70-88-76(81)64-61-58-55-52-49-46-43-40-37-32-29-26-23-20-17-14-11-8-5-2/h8-9,11-12,16-21,25-30,33-34,36-38,40,72-74,78-79H,4-7,10,13-15,22-24,31-32,35,39,41-71H2,1-3H3,(H,83,84)(H,85,86)/b11-8-,12-9-,19-16-,20-17-,21-18-,28-25-,29-26-,30-27-,34-33-,38-36-,40-37-. The Morgan fingerprint density at radius 2 is 0.558 bits per heavy atom. The number of aliphatic hydroxyl groups excluding tert-OH is 2. The highest BCUT2D eigenvalue weighted by Crippen LogP contribution is 2.45. The van der Waals surface area contributed by atoms with Crippen LogP contribution in [0.15, 0.2) is 134 Å². The summed E-state index contributed by atoms with van der Waals surface area (Å²) >= 11 is 0. The minimum absolute atomic E-state index is 0.0858. The van der Waals surface area contributed by atoms with Gasteiger partial charge in [-0.2, -0.15) is 0 Å². The quantitative estimate of drug-likeness (QED) is 0.0146. The summed E-state index contributed by atoms with van der Waals surface area (Å²) in [6, 6.07) is 0. The predicted octanol–water partition coefficient (Wildman–Crippen LogP) is 20.8. The van der Waals surface area contributed by atoms with E-state index in [0.29, 0.717) is 19.3 Å². The summed E-state index contributed by atoms with van der Waals surface area (Å²) in [5.74, 6) is -1.62. The lowest BCUT2D eigenvalue weighted by molar-refractivity contribution is -0.161.